The zero-order valence-electron chi connectivity index (χ0n) is 13.3. The van der Waals surface area contributed by atoms with Crippen molar-refractivity contribution in [1.29, 1.82) is 0 Å². The van der Waals surface area contributed by atoms with Crippen molar-refractivity contribution in [2.75, 3.05) is 34.3 Å². The summed E-state index contributed by atoms with van der Waals surface area (Å²) < 4.78 is 5.10. The number of methoxy groups -OCH3 is 1. The lowest BCUT2D eigenvalue weighted by atomic mass is 9.96. The molecule has 0 aliphatic carbocycles. The molecule has 2 rings (SSSR count). The van der Waals surface area contributed by atoms with E-state index in [0.717, 1.165) is 11.3 Å². The molecular weight excluding hydrogens is 282 g/mol. The molecule has 0 spiro atoms. The van der Waals surface area contributed by atoms with Crippen molar-refractivity contribution in [2.45, 2.75) is 18.4 Å². The number of likely N-dealkylation sites (tertiary alicyclic amines) is 1. The lowest BCUT2D eigenvalue weighted by Gasteiger charge is -2.32. The number of benzene rings is 1. The summed E-state index contributed by atoms with van der Waals surface area (Å²) in [5, 5.41) is 0. The Labute approximate surface area is 130 Å². The van der Waals surface area contributed by atoms with Crippen LogP contribution in [0.25, 0.3) is 0 Å². The Morgan fingerprint density at radius 3 is 2.41 bits per heavy atom. The van der Waals surface area contributed by atoms with Gasteiger partial charge in [0.1, 0.15) is 11.3 Å². The standard InChI is InChI=1S/C16H23N3O3/c1-18(2)16(15(17)21)8-9-19(11-16)14(20)10-12-4-6-13(22-3)7-5-12/h4-7H,8-11H2,1-3H3,(H2,17,21). The number of amides is 2. The third-order valence-corrected chi connectivity index (χ3v) is 4.43. The summed E-state index contributed by atoms with van der Waals surface area (Å²) in [7, 11) is 5.25. The molecule has 1 aromatic rings. The van der Waals surface area contributed by atoms with Crippen LogP contribution in [0.15, 0.2) is 24.3 Å². The van der Waals surface area contributed by atoms with E-state index in [1.54, 1.807) is 12.0 Å². The highest BCUT2D eigenvalue weighted by molar-refractivity contribution is 5.87. The molecule has 1 unspecified atom stereocenters. The molecule has 1 aliphatic rings. The first-order chi connectivity index (χ1) is 10.4. The minimum atomic E-state index is -0.754. The minimum absolute atomic E-state index is 0.00939. The smallest absolute Gasteiger partial charge is 0.239 e. The number of carbonyl (C=O) groups excluding carboxylic acids is 2. The van der Waals surface area contributed by atoms with Crippen LogP contribution < -0.4 is 10.5 Å². The van der Waals surface area contributed by atoms with Gasteiger partial charge in [-0.15, -0.1) is 0 Å². The van der Waals surface area contributed by atoms with E-state index in [1.165, 1.54) is 0 Å². The van der Waals surface area contributed by atoms with Gasteiger partial charge >= 0.3 is 0 Å². The van der Waals surface area contributed by atoms with Crippen LogP contribution in [-0.2, 0) is 16.0 Å². The number of nitrogens with zero attached hydrogens (tertiary/aromatic N) is 2. The van der Waals surface area contributed by atoms with Gasteiger partial charge in [0.05, 0.1) is 13.5 Å². The van der Waals surface area contributed by atoms with Gasteiger partial charge < -0.3 is 15.4 Å². The van der Waals surface area contributed by atoms with Gasteiger partial charge in [0.25, 0.3) is 0 Å². The number of rotatable bonds is 5. The molecule has 120 valence electrons. The zero-order valence-corrected chi connectivity index (χ0v) is 13.3. The molecule has 6 heteroatoms. The van der Waals surface area contributed by atoms with Crippen LogP contribution in [0.5, 0.6) is 5.75 Å². The van der Waals surface area contributed by atoms with E-state index >= 15 is 0 Å². The molecular formula is C16H23N3O3. The van der Waals surface area contributed by atoms with E-state index in [2.05, 4.69) is 0 Å². The van der Waals surface area contributed by atoms with Gasteiger partial charge in [-0.2, -0.15) is 0 Å². The first-order valence-corrected chi connectivity index (χ1v) is 7.27. The molecule has 0 aromatic heterocycles. The number of nitrogens with two attached hydrogens (primary N) is 1. The fourth-order valence-electron chi connectivity index (χ4n) is 2.82. The van der Waals surface area contributed by atoms with Crippen LogP contribution in [0.1, 0.15) is 12.0 Å². The highest BCUT2D eigenvalue weighted by Gasteiger charge is 2.46. The fraction of sp³-hybridized carbons (Fsp3) is 0.500. The van der Waals surface area contributed by atoms with Gasteiger partial charge in [-0.05, 0) is 38.2 Å². The van der Waals surface area contributed by atoms with Gasteiger partial charge in [0.2, 0.25) is 11.8 Å². The van der Waals surface area contributed by atoms with E-state index in [1.807, 2.05) is 43.3 Å². The van der Waals surface area contributed by atoms with Crippen molar-refractivity contribution in [3.63, 3.8) is 0 Å². The summed E-state index contributed by atoms with van der Waals surface area (Å²) in [6.45, 7) is 0.903. The molecule has 1 fully saturated rings. The number of primary amides is 1. The number of hydrogen-bond acceptors (Lipinski definition) is 4. The van der Waals surface area contributed by atoms with Gasteiger partial charge in [0.15, 0.2) is 0 Å². The van der Waals surface area contributed by atoms with Crippen molar-refractivity contribution in [3.05, 3.63) is 29.8 Å². The second-order valence-corrected chi connectivity index (χ2v) is 5.88. The highest BCUT2D eigenvalue weighted by atomic mass is 16.5. The molecule has 2 amide bonds. The first-order valence-electron chi connectivity index (χ1n) is 7.27. The monoisotopic (exact) mass is 305 g/mol. The Morgan fingerprint density at radius 2 is 1.95 bits per heavy atom. The molecule has 6 nitrogen and oxygen atoms in total. The van der Waals surface area contributed by atoms with Crippen LogP contribution in [-0.4, -0.2) is 61.4 Å². The summed E-state index contributed by atoms with van der Waals surface area (Å²) in [6.07, 6.45) is 0.885. The van der Waals surface area contributed by atoms with Gasteiger partial charge in [-0.3, -0.25) is 14.5 Å². The molecule has 1 aliphatic heterocycles. The molecule has 1 aromatic carbocycles. The molecule has 2 N–H and O–H groups in total. The molecule has 1 heterocycles. The van der Waals surface area contributed by atoms with Crippen molar-refractivity contribution < 1.29 is 14.3 Å². The maximum atomic E-state index is 12.4. The fourth-order valence-corrected chi connectivity index (χ4v) is 2.82. The highest BCUT2D eigenvalue weighted by Crippen LogP contribution is 2.26. The van der Waals surface area contributed by atoms with Crippen LogP contribution in [0.4, 0.5) is 0 Å². The van der Waals surface area contributed by atoms with Crippen LogP contribution >= 0.6 is 0 Å². The van der Waals surface area contributed by atoms with Crippen LogP contribution in [0.2, 0.25) is 0 Å². The third kappa shape index (κ3) is 3.06. The Bertz CT molecular complexity index is 556. The zero-order chi connectivity index (χ0) is 16.3. The molecule has 0 bridgehead atoms. The van der Waals surface area contributed by atoms with Gasteiger partial charge in [0, 0.05) is 13.1 Å². The number of likely N-dealkylation sites (N-methyl/N-ethyl adjacent to an activating group) is 1. The molecule has 1 atom stereocenters. The summed E-state index contributed by atoms with van der Waals surface area (Å²) >= 11 is 0. The SMILES string of the molecule is COc1ccc(CC(=O)N2CCC(C(N)=O)(N(C)C)C2)cc1. The van der Waals surface area contributed by atoms with Gasteiger partial charge in [-0.25, -0.2) is 0 Å². The van der Waals surface area contributed by atoms with Gasteiger partial charge in [-0.1, -0.05) is 12.1 Å². The molecule has 1 saturated heterocycles. The van der Waals surface area contributed by atoms with Crippen LogP contribution in [0.3, 0.4) is 0 Å². The molecule has 0 saturated carbocycles. The maximum Gasteiger partial charge on any atom is 0.239 e. The van der Waals surface area contributed by atoms with E-state index in [0.29, 0.717) is 25.9 Å². The molecule has 0 radical (unpaired) electrons. The Balaban J connectivity index is 2.03. The number of hydrogen-bond donors (Lipinski definition) is 1. The lowest BCUT2D eigenvalue weighted by molar-refractivity contribution is -0.131. The average molecular weight is 305 g/mol. The second-order valence-electron chi connectivity index (χ2n) is 5.88. The van der Waals surface area contributed by atoms with E-state index < -0.39 is 5.54 Å². The number of ether oxygens (including phenoxy) is 1. The van der Waals surface area contributed by atoms with Crippen LogP contribution in [0, 0.1) is 0 Å². The van der Waals surface area contributed by atoms with Crippen molar-refractivity contribution in [1.82, 2.24) is 9.80 Å². The summed E-state index contributed by atoms with van der Waals surface area (Å²) in [6, 6.07) is 7.42. The van der Waals surface area contributed by atoms with E-state index in [9.17, 15) is 9.59 Å². The number of carbonyl (C=O) groups is 2. The van der Waals surface area contributed by atoms with Crippen molar-refractivity contribution in [3.8, 4) is 5.75 Å². The summed E-state index contributed by atoms with van der Waals surface area (Å²) in [5.41, 5.74) is 5.72. The molecule has 22 heavy (non-hydrogen) atoms. The second kappa shape index (κ2) is 6.36. The predicted molar refractivity (Wildman–Crippen MR) is 83.5 cm³/mol. The van der Waals surface area contributed by atoms with Crippen molar-refractivity contribution >= 4 is 11.8 Å². The first kappa shape index (κ1) is 16.3. The predicted octanol–water partition coefficient (Wildman–Crippen LogP) is 0.256. The normalized spacial score (nSPS) is 21.2. The van der Waals surface area contributed by atoms with E-state index in [-0.39, 0.29) is 11.8 Å². The third-order valence-electron chi connectivity index (χ3n) is 4.43. The quantitative estimate of drug-likeness (QED) is 0.846. The minimum Gasteiger partial charge on any atom is -0.497 e. The average Bonchev–Trinajstić information content (AvgIpc) is 2.95. The van der Waals surface area contributed by atoms with E-state index in [4.69, 9.17) is 10.5 Å². The Hall–Kier alpha value is -2.08. The van der Waals surface area contributed by atoms with Crippen molar-refractivity contribution in [2.24, 2.45) is 5.73 Å². The lowest BCUT2D eigenvalue weighted by Crippen LogP contribution is -2.56. The largest absolute Gasteiger partial charge is 0.497 e. The Kier molecular flexibility index (Phi) is 4.71. The summed E-state index contributed by atoms with van der Waals surface area (Å²) in [5.74, 6) is 0.394. The maximum absolute atomic E-state index is 12.4. The Morgan fingerprint density at radius 1 is 1.32 bits per heavy atom. The summed E-state index contributed by atoms with van der Waals surface area (Å²) in [4.78, 5) is 27.7. The topological polar surface area (TPSA) is 75.9 Å².